The number of hydrogen-bond donors (Lipinski definition) is 1. The minimum Gasteiger partial charge on any atom is -0.478 e. The van der Waals surface area contributed by atoms with Crippen molar-refractivity contribution in [3.63, 3.8) is 0 Å². The van der Waals surface area contributed by atoms with Gasteiger partial charge in [0.25, 0.3) is 0 Å². The summed E-state index contributed by atoms with van der Waals surface area (Å²) in [6.07, 6.45) is 8.79. The molecule has 0 bridgehead atoms. The van der Waals surface area contributed by atoms with Crippen LogP contribution in [0.5, 0.6) is 0 Å². The van der Waals surface area contributed by atoms with E-state index in [0.29, 0.717) is 12.0 Å². The molecule has 0 aromatic carbocycles. The highest BCUT2D eigenvalue weighted by atomic mass is 16.4. The van der Waals surface area contributed by atoms with Crippen molar-refractivity contribution in [1.29, 1.82) is 0 Å². The van der Waals surface area contributed by atoms with Crippen LogP contribution in [-0.4, -0.2) is 38.9 Å². The Morgan fingerprint density at radius 1 is 1.27 bits per heavy atom. The standard InChI is InChI=1S/C16H18N4O2/c21-15(22)13-8-18-20(10-13)9-12-1-2-14(17-7-12)19-6-5-16(11-19)3-4-16/h1-2,7-8,10H,3-6,9,11H2,(H,21,22). The Labute approximate surface area is 128 Å². The lowest BCUT2D eigenvalue weighted by Gasteiger charge is -2.17. The number of aromatic nitrogens is 3. The second-order valence-corrected chi connectivity index (χ2v) is 6.43. The van der Waals surface area contributed by atoms with Gasteiger partial charge in [-0.3, -0.25) is 4.68 Å². The number of anilines is 1. The van der Waals surface area contributed by atoms with Crippen LogP contribution in [0.3, 0.4) is 0 Å². The molecule has 22 heavy (non-hydrogen) atoms. The van der Waals surface area contributed by atoms with Crippen molar-refractivity contribution in [2.45, 2.75) is 25.8 Å². The topological polar surface area (TPSA) is 71.2 Å². The van der Waals surface area contributed by atoms with Gasteiger partial charge in [-0.05, 0) is 36.3 Å². The predicted octanol–water partition coefficient (Wildman–Crippen LogP) is 2.01. The molecule has 0 amide bonds. The van der Waals surface area contributed by atoms with E-state index in [4.69, 9.17) is 5.11 Å². The normalized spacial score (nSPS) is 18.8. The van der Waals surface area contributed by atoms with Gasteiger partial charge in [0, 0.05) is 25.5 Å². The van der Waals surface area contributed by atoms with Crippen LogP contribution >= 0.6 is 0 Å². The van der Waals surface area contributed by atoms with E-state index in [1.54, 1.807) is 4.68 Å². The number of aromatic carboxylic acids is 1. The summed E-state index contributed by atoms with van der Waals surface area (Å²) in [4.78, 5) is 17.8. The highest BCUT2D eigenvalue weighted by Gasteiger charge is 2.47. The molecule has 0 radical (unpaired) electrons. The van der Waals surface area contributed by atoms with Gasteiger partial charge < -0.3 is 10.0 Å². The number of hydrogen-bond acceptors (Lipinski definition) is 4. The molecule has 6 nitrogen and oxygen atoms in total. The molecule has 4 rings (SSSR count). The molecule has 1 spiro atoms. The SMILES string of the molecule is O=C(O)c1cnn(Cc2ccc(N3CCC4(CC4)C3)nc2)c1. The molecule has 1 saturated heterocycles. The maximum absolute atomic E-state index is 10.8. The zero-order chi connectivity index (χ0) is 15.2. The van der Waals surface area contributed by atoms with Crippen molar-refractivity contribution in [2.24, 2.45) is 5.41 Å². The molecular weight excluding hydrogens is 280 g/mol. The van der Waals surface area contributed by atoms with E-state index in [0.717, 1.165) is 24.5 Å². The summed E-state index contributed by atoms with van der Waals surface area (Å²) in [7, 11) is 0. The number of carbonyl (C=O) groups is 1. The second-order valence-electron chi connectivity index (χ2n) is 6.43. The molecule has 3 heterocycles. The monoisotopic (exact) mass is 298 g/mol. The van der Waals surface area contributed by atoms with Crippen LogP contribution in [0.4, 0.5) is 5.82 Å². The lowest BCUT2D eigenvalue weighted by molar-refractivity contribution is 0.0697. The minimum absolute atomic E-state index is 0.205. The number of nitrogens with zero attached hydrogens (tertiary/aromatic N) is 4. The van der Waals surface area contributed by atoms with Gasteiger partial charge in [-0.25, -0.2) is 9.78 Å². The van der Waals surface area contributed by atoms with Gasteiger partial charge >= 0.3 is 5.97 Å². The lowest BCUT2D eigenvalue weighted by Crippen LogP contribution is -2.21. The predicted molar refractivity (Wildman–Crippen MR) is 81.0 cm³/mol. The van der Waals surface area contributed by atoms with Crippen molar-refractivity contribution in [2.75, 3.05) is 18.0 Å². The van der Waals surface area contributed by atoms with Gasteiger partial charge in [0.1, 0.15) is 5.82 Å². The maximum atomic E-state index is 10.8. The Morgan fingerprint density at radius 3 is 2.73 bits per heavy atom. The van der Waals surface area contributed by atoms with Gasteiger partial charge in [-0.1, -0.05) is 6.07 Å². The average Bonchev–Trinajstić information content (AvgIpc) is 2.93. The first-order valence-corrected chi connectivity index (χ1v) is 7.59. The quantitative estimate of drug-likeness (QED) is 0.935. The number of carboxylic acid groups (broad SMARTS) is 1. The van der Waals surface area contributed by atoms with Gasteiger partial charge in [0.05, 0.1) is 18.3 Å². The number of rotatable bonds is 4. The highest BCUT2D eigenvalue weighted by Crippen LogP contribution is 2.53. The second kappa shape index (κ2) is 4.83. The first-order chi connectivity index (χ1) is 10.6. The van der Waals surface area contributed by atoms with Crippen LogP contribution < -0.4 is 4.90 Å². The van der Waals surface area contributed by atoms with E-state index in [2.05, 4.69) is 21.0 Å². The van der Waals surface area contributed by atoms with Crippen LogP contribution in [0.2, 0.25) is 0 Å². The van der Waals surface area contributed by atoms with Crippen molar-refractivity contribution in [3.8, 4) is 0 Å². The molecule has 0 atom stereocenters. The van der Waals surface area contributed by atoms with Gasteiger partial charge in [-0.15, -0.1) is 0 Å². The van der Waals surface area contributed by atoms with Crippen molar-refractivity contribution in [3.05, 3.63) is 41.9 Å². The molecule has 6 heteroatoms. The molecule has 1 saturated carbocycles. The molecule has 1 N–H and O–H groups in total. The van der Waals surface area contributed by atoms with Crippen LogP contribution in [-0.2, 0) is 6.54 Å². The van der Waals surface area contributed by atoms with Crippen LogP contribution in [0.25, 0.3) is 0 Å². The zero-order valence-electron chi connectivity index (χ0n) is 12.3. The largest absolute Gasteiger partial charge is 0.478 e. The van der Waals surface area contributed by atoms with Crippen LogP contribution in [0.1, 0.15) is 35.2 Å². The van der Waals surface area contributed by atoms with E-state index in [-0.39, 0.29) is 5.56 Å². The lowest BCUT2D eigenvalue weighted by atomic mass is 10.1. The summed E-state index contributed by atoms with van der Waals surface area (Å²) < 4.78 is 1.62. The summed E-state index contributed by atoms with van der Waals surface area (Å²) in [5.74, 6) is 0.0852. The van der Waals surface area contributed by atoms with Crippen molar-refractivity contribution in [1.82, 2.24) is 14.8 Å². The molecular formula is C16H18N4O2. The Morgan fingerprint density at radius 2 is 2.14 bits per heavy atom. The first-order valence-electron chi connectivity index (χ1n) is 7.59. The zero-order valence-corrected chi connectivity index (χ0v) is 12.3. The molecule has 1 aliphatic carbocycles. The molecule has 2 aromatic heterocycles. The molecule has 2 fully saturated rings. The van der Waals surface area contributed by atoms with E-state index in [1.165, 1.54) is 31.7 Å². The first kappa shape index (κ1) is 13.3. The fourth-order valence-electron chi connectivity index (χ4n) is 3.16. The van der Waals surface area contributed by atoms with Crippen molar-refractivity contribution >= 4 is 11.8 Å². The summed E-state index contributed by atoms with van der Waals surface area (Å²) in [6, 6.07) is 4.10. The smallest absolute Gasteiger partial charge is 0.338 e. The Bertz CT molecular complexity index is 703. The number of carboxylic acids is 1. The molecule has 114 valence electrons. The molecule has 0 unspecified atom stereocenters. The van der Waals surface area contributed by atoms with E-state index in [9.17, 15) is 4.79 Å². The molecule has 2 aliphatic rings. The fraction of sp³-hybridized carbons (Fsp3) is 0.438. The third-order valence-corrected chi connectivity index (χ3v) is 4.75. The summed E-state index contributed by atoms with van der Waals surface area (Å²) in [5, 5.41) is 13.0. The Kier molecular flexibility index (Phi) is 2.92. The summed E-state index contributed by atoms with van der Waals surface area (Å²) in [6.45, 7) is 2.78. The summed E-state index contributed by atoms with van der Waals surface area (Å²) >= 11 is 0. The van der Waals surface area contributed by atoms with Crippen molar-refractivity contribution < 1.29 is 9.90 Å². The van der Waals surface area contributed by atoms with Crippen LogP contribution in [0, 0.1) is 5.41 Å². The third kappa shape index (κ3) is 2.45. The number of pyridine rings is 1. The van der Waals surface area contributed by atoms with E-state index in [1.807, 2.05) is 12.3 Å². The average molecular weight is 298 g/mol. The minimum atomic E-state index is -0.956. The summed E-state index contributed by atoms with van der Waals surface area (Å²) in [5.41, 5.74) is 1.82. The van der Waals surface area contributed by atoms with Gasteiger partial charge in [0.15, 0.2) is 0 Å². The van der Waals surface area contributed by atoms with Gasteiger partial charge in [0.2, 0.25) is 0 Å². The molecule has 1 aliphatic heterocycles. The van der Waals surface area contributed by atoms with Gasteiger partial charge in [-0.2, -0.15) is 5.10 Å². The molecule has 2 aromatic rings. The van der Waals surface area contributed by atoms with E-state index >= 15 is 0 Å². The fourth-order valence-corrected chi connectivity index (χ4v) is 3.16. The third-order valence-electron chi connectivity index (χ3n) is 4.75. The Hall–Kier alpha value is -2.37. The highest BCUT2D eigenvalue weighted by molar-refractivity contribution is 5.86. The van der Waals surface area contributed by atoms with E-state index < -0.39 is 5.97 Å². The van der Waals surface area contributed by atoms with Crippen LogP contribution in [0.15, 0.2) is 30.7 Å². The Balaban J connectivity index is 1.44. The maximum Gasteiger partial charge on any atom is 0.338 e.